The van der Waals surface area contributed by atoms with Crippen LogP contribution in [0.5, 0.6) is 0 Å². The summed E-state index contributed by atoms with van der Waals surface area (Å²) in [5.41, 5.74) is 5.87. The minimum absolute atomic E-state index is 0.0946. The van der Waals surface area contributed by atoms with Crippen LogP contribution < -0.4 is 16.0 Å². The van der Waals surface area contributed by atoms with Crippen molar-refractivity contribution in [3.05, 3.63) is 89.0 Å². The summed E-state index contributed by atoms with van der Waals surface area (Å²) in [4.78, 5) is 11.8. The first-order valence-electron chi connectivity index (χ1n) is 11.8. The van der Waals surface area contributed by atoms with Crippen LogP contribution in [0.1, 0.15) is 43.5 Å². The van der Waals surface area contributed by atoms with Crippen molar-refractivity contribution >= 4 is 11.6 Å². The van der Waals surface area contributed by atoms with Crippen LogP contribution in [0.15, 0.2) is 60.7 Å². The summed E-state index contributed by atoms with van der Waals surface area (Å²) in [6.45, 7) is 5.69. The summed E-state index contributed by atoms with van der Waals surface area (Å²) in [5.74, 6) is -1.72. The molecular weight excluding hydrogens is 448 g/mol. The Hall–Kier alpha value is -3.29. The van der Waals surface area contributed by atoms with E-state index < -0.39 is 23.8 Å². The van der Waals surface area contributed by atoms with Crippen molar-refractivity contribution < 1.29 is 18.7 Å². The smallest absolute Gasteiger partial charge is 0.217 e. The number of anilines is 1. The van der Waals surface area contributed by atoms with Crippen LogP contribution in [-0.2, 0) is 11.2 Å². The van der Waals surface area contributed by atoms with E-state index in [4.69, 9.17) is 0 Å². The summed E-state index contributed by atoms with van der Waals surface area (Å²) in [7, 11) is 0. The van der Waals surface area contributed by atoms with Crippen molar-refractivity contribution in [2.45, 2.75) is 51.4 Å². The average Bonchev–Trinajstić information content (AvgIpc) is 3.08. The minimum Gasteiger partial charge on any atom is -0.390 e. The highest BCUT2D eigenvalue weighted by atomic mass is 19.1. The van der Waals surface area contributed by atoms with Gasteiger partial charge in [-0.25, -0.2) is 8.78 Å². The number of amides is 1. The topological polar surface area (TPSA) is 73.4 Å². The first-order valence-corrected chi connectivity index (χ1v) is 11.8. The van der Waals surface area contributed by atoms with Crippen molar-refractivity contribution in [3.8, 4) is 11.1 Å². The summed E-state index contributed by atoms with van der Waals surface area (Å²) in [5, 5.41) is 20.6. The van der Waals surface area contributed by atoms with Gasteiger partial charge in [-0.2, -0.15) is 0 Å². The number of fused-ring (bicyclic) bond motifs is 3. The quantitative estimate of drug-likeness (QED) is 0.363. The zero-order valence-electron chi connectivity index (χ0n) is 20.1. The minimum atomic E-state index is -0.988. The highest BCUT2D eigenvalue weighted by molar-refractivity contribution is 5.80. The fraction of sp³-hybridized carbons (Fsp3) is 0.321. The van der Waals surface area contributed by atoms with Gasteiger partial charge in [-0.05, 0) is 72.4 Å². The fourth-order valence-electron chi connectivity index (χ4n) is 4.76. The molecule has 0 saturated carbocycles. The van der Waals surface area contributed by atoms with E-state index in [2.05, 4.69) is 60.1 Å². The molecule has 4 N–H and O–H groups in total. The lowest BCUT2D eigenvalue weighted by atomic mass is 9.99. The van der Waals surface area contributed by atoms with E-state index in [0.717, 1.165) is 34.0 Å². The normalized spacial score (nSPS) is 15.9. The van der Waals surface area contributed by atoms with Crippen molar-refractivity contribution in [2.24, 2.45) is 0 Å². The SMILES string of the molecule is CC(=O)N[C@@H](Cc1cc(F)cc(F)c1)[C@@H](O)CNC1c2ccccc2-c2ccc(NC(C)C)cc21. The number of carbonyl (C=O) groups is 1. The number of benzene rings is 3. The lowest BCUT2D eigenvalue weighted by Gasteiger charge is -2.26. The van der Waals surface area contributed by atoms with Gasteiger partial charge in [0.05, 0.1) is 18.2 Å². The van der Waals surface area contributed by atoms with Gasteiger partial charge in [0.2, 0.25) is 5.91 Å². The van der Waals surface area contributed by atoms with E-state index >= 15 is 0 Å². The maximum Gasteiger partial charge on any atom is 0.217 e. The zero-order valence-corrected chi connectivity index (χ0v) is 20.1. The fourth-order valence-corrected chi connectivity index (χ4v) is 4.76. The van der Waals surface area contributed by atoms with Gasteiger partial charge < -0.3 is 21.1 Å². The molecule has 3 aromatic rings. The third-order valence-corrected chi connectivity index (χ3v) is 6.14. The Morgan fingerprint density at radius 3 is 2.34 bits per heavy atom. The van der Waals surface area contributed by atoms with Crippen LogP contribution in [0.4, 0.5) is 14.5 Å². The van der Waals surface area contributed by atoms with E-state index in [1.54, 1.807) is 0 Å². The molecule has 7 heteroatoms. The van der Waals surface area contributed by atoms with E-state index in [1.165, 1.54) is 19.1 Å². The zero-order chi connectivity index (χ0) is 25.1. The molecule has 4 rings (SSSR count). The van der Waals surface area contributed by atoms with Crippen molar-refractivity contribution in [1.29, 1.82) is 0 Å². The van der Waals surface area contributed by atoms with E-state index in [-0.39, 0.29) is 31.0 Å². The van der Waals surface area contributed by atoms with Crippen molar-refractivity contribution in [3.63, 3.8) is 0 Å². The Kier molecular flexibility index (Phi) is 7.48. The van der Waals surface area contributed by atoms with Crippen molar-refractivity contribution in [1.82, 2.24) is 10.6 Å². The molecule has 0 aromatic heterocycles. The first-order chi connectivity index (χ1) is 16.7. The number of hydrogen-bond donors (Lipinski definition) is 4. The van der Waals surface area contributed by atoms with Crippen molar-refractivity contribution in [2.75, 3.05) is 11.9 Å². The molecule has 1 unspecified atom stereocenters. The number of nitrogens with one attached hydrogen (secondary N) is 3. The monoisotopic (exact) mass is 479 g/mol. The first kappa shape index (κ1) is 24.8. The van der Waals surface area contributed by atoms with Gasteiger partial charge in [0, 0.05) is 31.3 Å². The van der Waals surface area contributed by atoms with E-state index in [1.807, 2.05) is 12.1 Å². The summed E-state index contributed by atoms with van der Waals surface area (Å²) in [6, 6.07) is 17.1. The largest absolute Gasteiger partial charge is 0.390 e. The summed E-state index contributed by atoms with van der Waals surface area (Å²) in [6.07, 6.45) is -0.893. The molecule has 5 nitrogen and oxygen atoms in total. The number of aliphatic hydroxyl groups is 1. The Labute approximate surface area is 204 Å². The predicted octanol–water partition coefficient (Wildman–Crippen LogP) is 4.55. The van der Waals surface area contributed by atoms with Gasteiger partial charge >= 0.3 is 0 Å². The molecule has 0 fully saturated rings. The highest BCUT2D eigenvalue weighted by Gasteiger charge is 2.30. The number of carbonyl (C=O) groups excluding carboxylic acids is 1. The van der Waals surface area contributed by atoms with Crippen LogP contribution in [0.2, 0.25) is 0 Å². The molecule has 1 amide bonds. The summed E-state index contributed by atoms with van der Waals surface area (Å²) < 4.78 is 27.4. The van der Waals surface area contributed by atoms with Gasteiger partial charge in [0.15, 0.2) is 0 Å². The molecule has 3 aromatic carbocycles. The standard InChI is InChI=1S/C28H31F2N3O2/c1-16(2)32-21-8-9-23-22-6-4-5-7-24(22)28(25(23)14-21)31-15-27(35)26(33-17(3)34)12-18-10-19(29)13-20(30)11-18/h4-11,13-14,16,26-28,31-32,35H,12,15H2,1-3H3,(H,33,34)/t26-,27-,28?/m0/s1. The van der Waals surface area contributed by atoms with E-state index in [0.29, 0.717) is 5.56 Å². The molecule has 35 heavy (non-hydrogen) atoms. The van der Waals surface area contributed by atoms with Gasteiger partial charge in [0.25, 0.3) is 0 Å². The molecule has 1 aliphatic carbocycles. The van der Waals surface area contributed by atoms with Crippen LogP contribution >= 0.6 is 0 Å². The second kappa shape index (κ2) is 10.5. The number of halogens is 2. The van der Waals surface area contributed by atoms with Gasteiger partial charge in [0.1, 0.15) is 11.6 Å². The molecule has 0 bridgehead atoms. The molecule has 0 radical (unpaired) electrons. The maximum absolute atomic E-state index is 13.7. The van der Waals surface area contributed by atoms with Gasteiger partial charge in [-0.3, -0.25) is 4.79 Å². The second-order valence-electron chi connectivity index (χ2n) is 9.39. The third kappa shape index (κ3) is 5.86. The Balaban J connectivity index is 1.55. The second-order valence-corrected chi connectivity index (χ2v) is 9.39. The molecule has 1 aliphatic rings. The van der Waals surface area contributed by atoms with Gasteiger partial charge in [-0.15, -0.1) is 0 Å². The lowest BCUT2D eigenvalue weighted by molar-refractivity contribution is -0.120. The molecule has 0 spiro atoms. The van der Waals surface area contributed by atoms with E-state index in [9.17, 15) is 18.7 Å². The van der Waals surface area contributed by atoms with Crippen LogP contribution in [0.3, 0.4) is 0 Å². The third-order valence-electron chi connectivity index (χ3n) is 6.14. The predicted molar refractivity (Wildman–Crippen MR) is 134 cm³/mol. The Morgan fingerprint density at radius 1 is 0.971 bits per heavy atom. The van der Waals surface area contributed by atoms with Crippen LogP contribution in [-0.4, -0.2) is 35.7 Å². The Bertz CT molecular complexity index is 1190. The molecular formula is C28H31F2N3O2. The lowest BCUT2D eigenvalue weighted by Crippen LogP contribution is -2.48. The molecule has 0 heterocycles. The van der Waals surface area contributed by atoms with Crippen LogP contribution in [0, 0.1) is 11.6 Å². The average molecular weight is 480 g/mol. The summed E-state index contributed by atoms with van der Waals surface area (Å²) >= 11 is 0. The number of aliphatic hydroxyl groups excluding tert-OH is 1. The van der Waals surface area contributed by atoms with Gasteiger partial charge in [-0.1, -0.05) is 30.3 Å². The molecule has 3 atom stereocenters. The van der Waals surface area contributed by atoms with Crippen LogP contribution in [0.25, 0.3) is 11.1 Å². The number of rotatable bonds is 9. The highest BCUT2D eigenvalue weighted by Crippen LogP contribution is 2.44. The number of hydrogen-bond acceptors (Lipinski definition) is 4. The Morgan fingerprint density at radius 2 is 1.66 bits per heavy atom. The molecule has 0 aliphatic heterocycles. The maximum atomic E-state index is 13.7. The molecule has 184 valence electrons. The molecule has 0 saturated heterocycles.